The maximum Gasteiger partial charge on any atom is 0.0860 e. The van der Waals surface area contributed by atoms with Crippen molar-refractivity contribution in [3.8, 4) is 6.07 Å². The van der Waals surface area contributed by atoms with Gasteiger partial charge in [0.1, 0.15) is 0 Å². The topological polar surface area (TPSA) is 44.0 Å². The van der Waals surface area contributed by atoms with Crippen LogP contribution in [0.4, 0.5) is 0 Å². The molecule has 2 aliphatic carbocycles. The Morgan fingerprint density at radius 3 is 2.10 bits per heavy atom. The first-order valence-corrected chi connectivity index (χ1v) is 8.56. The fourth-order valence-electron chi connectivity index (χ4n) is 4.59. The van der Waals surface area contributed by atoms with Crippen LogP contribution in [0.3, 0.4) is 0 Å². The van der Waals surface area contributed by atoms with Crippen molar-refractivity contribution < 1.29 is 5.11 Å². The van der Waals surface area contributed by atoms with Gasteiger partial charge >= 0.3 is 0 Å². The van der Waals surface area contributed by atoms with Crippen LogP contribution in [0.1, 0.15) is 78.6 Å². The molecule has 1 N–H and O–H groups in total. The summed E-state index contributed by atoms with van der Waals surface area (Å²) in [5.74, 6) is 1.76. The minimum Gasteiger partial charge on any atom is -0.388 e. The van der Waals surface area contributed by atoms with Crippen molar-refractivity contribution in [1.82, 2.24) is 0 Å². The first-order valence-electron chi connectivity index (χ1n) is 8.56. The Morgan fingerprint density at radius 1 is 1.10 bits per heavy atom. The minimum atomic E-state index is -0.801. The van der Waals surface area contributed by atoms with Crippen LogP contribution in [-0.2, 0) is 0 Å². The monoisotopic (exact) mass is 277 g/mol. The van der Waals surface area contributed by atoms with Crippen LogP contribution in [0.2, 0.25) is 0 Å². The lowest BCUT2D eigenvalue weighted by Gasteiger charge is -2.50. The lowest BCUT2D eigenvalue weighted by molar-refractivity contribution is -0.116. The quantitative estimate of drug-likeness (QED) is 0.814. The van der Waals surface area contributed by atoms with Gasteiger partial charge in [-0.2, -0.15) is 5.26 Å². The molecule has 2 fully saturated rings. The second-order valence-corrected chi connectivity index (χ2v) is 7.76. The molecule has 2 aliphatic rings. The first kappa shape index (κ1) is 15.8. The molecular weight excluding hydrogens is 246 g/mol. The zero-order valence-corrected chi connectivity index (χ0v) is 13.5. The highest BCUT2D eigenvalue weighted by Crippen LogP contribution is 2.52. The van der Waals surface area contributed by atoms with Crippen LogP contribution in [0.15, 0.2) is 0 Å². The highest BCUT2D eigenvalue weighted by Gasteiger charge is 2.53. The molecule has 0 aliphatic heterocycles. The van der Waals surface area contributed by atoms with Gasteiger partial charge in [0.05, 0.1) is 17.1 Å². The van der Waals surface area contributed by atoms with Crippen molar-refractivity contribution in [2.45, 2.75) is 84.2 Å². The minimum absolute atomic E-state index is 0.325. The zero-order valence-electron chi connectivity index (χ0n) is 13.5. The van der Waals surface area contributed by atoms with Crippen molar-refractivity contribution in [2.24, 2.45) is 23.2 Å². The smallest absolute Gasteiger partial charge is 0.0860 e. The third-order valence-electron chi connectivity index (χ3n) is 6.41. The van der Waals surface area contributed by atoms with E-state index in [0.717, 1.165) is 44.4 Å². The molecule has 0 saturated heterocycles. The number of nitrogens with zero attached hydrogens (tertiary/aromatic N) is 1. The molecule has 0 radical (unpaired) electrons. The molecule has 0 aromatic rings. The Bertz CT molecular complexity index is 352. The Hall–Kier alpha value is -0.550. The first-order chi connectivity index (χ1) is 9.43. The van der Waals surface area contributed by atoms with Crippen molar-refractivity contribution in [3.63, 3.8) is 0 Å². The van der Waals surface area contributed by atoms with E-state index < -0.39 is 11.0 Å². The van der Waals surface area contributed by atoms with Crippen LogP contribution >= 0.6 is 0 Å². The van der Waals surface area contributed by atoms with E-state index in [9.17, 15) is 10.4 Å². The summed E-state index contributed by atoms with van der Waals surface area (Å²) in [6.45, 7) is 6.52. The molecule has 0 bridgehead atoms. The summed E-state index contributed by atoms with van der Waals surface area (Å²) >= 11 is 0. The summed E-state index contributed by atoms with van der Waals surface area (Å²) in [5.41, 5.74) is -1.30. The molecule has 2 saturated carbocycles. The molecule has 0 heterocycles. The zero-order chi connectivity index (χ0) is 14.8. The van der Waals surface area contributed by atoms with E-state index in [1.165, 1.54) is 19.3 Å². The van der Waals surface area contributed by atoms with Crippen LogP contribution in [-0.4, -0.2) is 10.7 Å². The Balaban J connectivity index is 2.12. The van der Waals surface area contributed by atoms with Gasteiger partial charge in [0.25, 0.3) is 0 Å². The molecule has 20 heavy (non-hydrogen) atoms. The molecule has 0 aromatic heterocycles. The fraction of sp³-hybridized carbons (Fsp3) is 0.944. The van der Waals surface area contributed by atoms with Crippen LogP contribution in [0.25, 0.3) is 0 Å². The van der Waals surface area contributed by atoms with E-state index in [1.807, 2.05) is 6.92 Å². The van der Waals surface area contributed by atoms with E-state index in [1.54, 1.807) is 0 Å². The summed E-state index contributed by atoms with van der Waals surface area (Å²) < 4.78 is 0. The number of hydrogen-bond acceptors (Lipinski definition) is 2. The summed E-state index contributed by atoms with van der Waals surface area (Å²) in [5, 5.41) is 21.0. The number of hydrogen-bond donors (Lipinski definition) is 1. The molecule has 0 amide bonds. The van der Waals surface area contributed by atoms with E-state index in [2.05, 4.69) is 19.9 Å². The van der Waals surface area contributed by atoms with Gasteiger partial charge < -0.3 is 5.11 Å². The average molecular weight is 277 g/mol. The SMILES string of the molecule is CC(C)C1CCC(C#N)(C(C)(O)C2CCCCC2)CC1. The number of aliphatic hydroxyl groups is 1. The Labute approximate surface area is 124 Å². The molecule has 2 rings (SSSR count). The molecular formula is C18H31NO. The standard InChI is InChI=1S/C18H31NO/c1-14(2)15-9-11-18(13-19,12-10-15)17(3,20)16-7-5-4-6-8-16/h14-16,20H,4-12H2,1-3H3. The van der Waals surface area contributed by atoms with Crippen molar-refractivity contribution in [2.75, 3.05) is 0 Å². The van der Waals surface area contributed by atoms with Gasteiger partial charge in [-0.05, 0) is 63.2 Å². The molecule has 1 atom stereocenters. The van der Waals surface area contributed by atoms with Crippen LogP contribution in [0, 0.1) is 34.5 Å². The second kappa shape index (κ2) is 6.06. The van der Waals surface area contributed by atoms with E-state index >= 15 is 0 Å². The molecule has 114 valence electrons. The summed E-state index contributed by atoms with van der Waals surface area (Å²) in [4.78, 5) is 0. The highest BCUT2D eigenvalue weighted by molar-refractivity contribution is 5.13. The lowest BCUT2D eigenvalue weighted by atomic mass is 9.56. The van der Waals surface area contributed by atoms with Gasteiger partial charge in [0, 0.05) is 0 Å². The van der Waals surface area contributed by atoms with E-state index in [4.69, 9.17) is 0 Å². The predicted octanol–water partition coefficient (Wildman–Crippen LogP) is 4.67. The largest absolute Gasteiger partial charge is 0.388 e. The number of nitriles is 1. The molecule has 0 aromatic carbocycles. The Kier molecular flexibility index (Phi) is 4.80. The maximum absolute atomic E-state index is 11.2. The van der Waals surface area contributed by atoms with Crippen molar-refractivity contribution in [3.05, 3.63) is 0 Å². The van der Waals surface area contributed by atoms with Crippen molar-refractivity contribution >= 4 is 0 Å². The molecule has 0 spiro atoms. The average Bonchev–Trinajstić information content (AvgIpc) is 2.48. The number of rotatable bonds is 3. The predicted molar refractivity (Wildman–Crippen MR) is 82.0 cm³/mol. The van der Waals surface area contributed by atoms with Gasteiger partial charge in [-0.25, -0.2) is 0 Å². The lowest BCUT2D eigenvalue weighted by Crippen LogP contribution is -2.53. The molecule has 2 heteroatoms. The normalized spacial score (nSPS) is 35.5. The van der Waals surface area contributed by atoms with Crippen LogP contribution < -0.4 is 0 Å². The molecule has 2 nitrogen and oxygen atoms in total. The van der Waals surface area contributed by atoms with Gasteiger partial charge in [0.15, 0.2) is 0 Å². The summed E-state index contributed by atoms with van der Waals surface area (Å²) in [7, 11) is 0. The van der Waals surface area contributed by atoms with Crippen molar-refractivity contribution in [1.29, 1.82) is 5.26 Å². The second-order valence-electron chi connectivity index (χ2n) is 7.76. The maximum atomic E-state index is 11.2. The van der Waals surface area contributed by atoms with Gasteiger partial charge in [0.2, 0.25) is 0 Å². The van der Waals surface area contributed by atoms with E-state index in [0.29, 0.717) is 11.8 Å². The highest BCUT2D eigenvalue weighted by atomic mass is 16.3. The molecule has 1 unspecified atom stereocenters. The van der Waals surface area contributed by atoms with Gasteiger partial charge in [-0.15, -0.1) is 0 Å². The third kappa shape index (κ3) is 2.75. The van der Waals surface area contributed by atoms with Gasteiger partial charge in [-0.1, -0.05) is 33.1 Å². The van der Waals surface area contributed by atoms with Gasteiger partial charge in [-0.3, -0.25) is 0 Å². The van der Waals surface area contributed by atoms with Crippen LogP contribution in [0.5, 0.6) is 0 Å². The fourth-order valence-corrected chi connectivity index (χ4v) is 4.59. The summed E-state index contributed by atoms with van der Waals surface area (Å²) in [6.07, 6.45) is 9.91. The summed E-state index contributed by atoms with van der Waals surface area (Å²) in [6, 6.07) is 2.56. The Morgan fingerprint density at radius 2 is 1.65 bits per heavy atom. The third-order valence-corrected chi connectivity index (χ3v) is 6.41. The van der Waals surface area contributed by atoms with E-state index in [-0.39, 0.29) is 0 Å².